The summed E-state index contributed by atoms with van der Waals surface area (Å²) in [4.78, 5) is 9.66. The first-order valence-electron chi connectivity index (χ1n) is 3.73. The van der Waals surface area contributed by atoms with Gasteiger partial charge in [-0.3, -0.25) is 10.1 Å². The highest BCUT2D eigenvalue weighted by Crippen LogP contribution is 2.23. The van der Waals surface area contributed by atoms with Crippen LogP contribution in [0.15, 0.2) is 12.1 Å². The molecule has 1 aliphatic heterocycles. The van der Waals surface area contributed by atoms with Gasteiger partial charge in [0.2, 0.25) is 5.69 Å². The SMILES string of the molecule is O=[N+]([O-])c1ccc2c([n+]1[O-])CCO2. The topological polar surface area (TPSA) is 79.3 Å². The van der Waals surface area contributed by atoms with Crippen molar-refractivity contribution in [1.29, 1.82) is 0 Å². The minimum atomic E-state index is -0.703. The Morgan fingerprint density at radius 3 is 3.00 bits per heavy atom. The Morgan fingerprint density at radius 2 is 2.31 bits per heavy atom. The molecular formula is C7H6N2O4. The molecule has 0 unspecified atom stereocenters. The molecule has 0 aliphatic carbocycles. The molecule has 0 bridgehead atoms. The van der Waals surface area contributed by atoms with E-state index in [1.54, 1.807) is 0 Å². The van der Waals surface area contributed by atoms with Crippen LogP contribution in [0.2, 0.25) is 0 Å². The van der Waals surface area contributed by atoms with E-state index in [0.717, 1.165) is 6.07 Å². The molecule has 1 aliphatic rings. The number of rotatable bonds is 1. The fraction of sp³-hybridized carbons (Fsp3) is 0.286. The fourth-order valence-corrected chi connectivity index (χ4v) is 1.30. The number of fused-ring (bicyclic) bond motifs is 1. The highest BCUT2D eigenvalue weighted by Gasteiger charge is 2.28. The molecule has 1 aromatic heterocycles. The predicted octanol–water partition coefficient (Wildman–Crippen LogP) is 0.163. The fourth-order valence-electron chi connectivity index (χ4n) is 1.30. The van der Waals surface area contributed by atoms with Crippen molar-refractivity contribution in [2.75, 3.05) is 6.61 Å². The maximum atomic E-state index is 11.3. The summed E-state index contributed by atoms with van der Waals surface area (Å²) in [7, 11) is 0. The summed E-state index contributed by atoms with van der Waals surface area (Å²) in [6, 6.07) is 2.60. The third-order valence-electron chi connectivity index (χ3n) is 1.90. The zero-order valence-corrected chi connectivity index (χ0v) is 6.60. The molecule has 0 N–H and O–H groups in total. The molecule has 13 heavy (non-hydrogen) atoms. The van der Waals surface area contributed by atoms with Crippen LogP contribution in [0.25, 0.3) is 0 Å². The summed E-state index contributed by atoms with van der Waals surface area (Å²) in [5, 5.41) is 21.7. The van der Waals surface area contributed by atoms with Gasteiger partial charge in [-0.1, -0.05) is 0 Å². The van der Waals surface area contributed by atoms with Crippen molar-refractivity contribution in [3.8, 4) is 5.75 Å². The van der Waals surface area contributed by atoms with Crippen molar-refractivity contribution in [2.24, 2.45) is 0 Å². The Hall–Kier alpha value is -1.85. The minimum Gasteiger partial charge on any atom is -0.614 e. The van der Waals surface area contributed by atoms with Crippen molar-refractivity contribution < 1.29 is 14.4 Å². The standard InChI is InChI=1S/C7H6N2O4/c10-8-5-3-4-13-6(5)1-2-7(8)9(11)12/h1-2H,3-4H2. The van der Waals surface area contributed by atoms with Gasteiger partial charge in [0.15, 0.2) is 5.75 Å². The molecule has 1 aromatic rings. The van der Waals surface area contributed by atoms with Crippen molar-refractivity contribution in [3.05, 3.63) is 33.1 Å². The van der Waals surface area contributed by atoms with Gasteiger partial charge < -0.3 is 9.94 Å². The summed E-state index contributed by atoms with van der Waals surface area (Å²) in [6.45, 7) is 0.415. The molecule has 0 saturated carbocycles. The van der Waals surface area contributed by atoms with Gasteiger partial charge in [-0.05, 0) is 0 Å². The lowest BCUT2D eigenvalue weighted by atomic mass is 10.3. The Bertz CT molecular complexity index is 377. The quantitative estimate of drug-likeness (QED) is 0.268. The Kier molecular flexibility index (Phi) is 1.54. The average Bonchev–Trinajstić information content (AvgIpc) is 2.52. The molecule has 0 amide bonds. The number of aromatic nitrogens is 1. The maximum Gasteiger partial charge on any atom is 0.513 e. The lowest BCUT2D eigenvalue weighted by Crippen LogP contribution is -2.34. The van der Waals surface area contributed by atoms with Gasteiger partial charge in [-0.25, -0.2) is 0 Å². The zero-order chi connectivity index (χ0) is 9.42. The molecule has 0 fully saturated rings. The van der Waals surface area contributed by atoms with Gasteiger partial charge in [-0.2, -0.15) is 0 Å². The van der Waals surface area contributed by atoms with E-state index in [1.807, 2.05) is 0 Å². The Morgan fingerprint density at radius 1 is 1.54 bits per heavy atom. The normalized spacial score (nSPS) is 13.5. The second-order valence-corrected chi connectivity index (χ2v) is 2.65. The summed E-state index contributed by atoms with van der Waals surface area (Å²) in [6.07, 6.45) is 0.431. The first-order chi connectivity index (χ1) is 6.20. The number of nitrogens with zero attached hydrogens (tertiary/aromatic N) is 2. The Balaban J connectivity index is 2.59. The van der Waals surface area contributed by atoms with Gasteiger partial charge >= 0.3 is 5.82 Å². The molecule has 0 aromatic carbocycles. The second kappa shape index (κ2) is 2.58. The third kappa shape index (κ3) is 1.07. The van der Waals surface area contributed by atoms with Crippen LogP contribution in [0.1, 0.15) is 5.69 Å². The number of hydrogen-bond acceptors (Lipinski definition) is 4. The van der Waals surface area contributed by atoms with E-state index in [2.05, 4.69) is 0 Å². The van der Waals surface area contributed by atoms with Crippen LogP contribution in [0.3, 0.4) is 0 Å². The van der Waals surface area contributed by atoms with Crippen molar-refractivity contribution in [3.63, 3.8) is 0 Å². The van der Waals surface area contributed by atoms with Crippen molar-refractivity contribution >= 4 is 5.82 Å². The van der Waals surface area contributed by atoms with E-state index in [1.165, 1.54) is 6.07 Å². The van der Waals surface area contributed by atoms with Gasteiger partial charge in [0.05, 0.1) is 19.1 Å². The van der Waals surface area contributed by atoms with Crippen LogP contribution in [0, 0.1) is 15.3 Å². The van der Waals surface area contributed by atoms with Crippen LogP contribution in [0.4, 0.5) is 5.82 Å². The van der Waals surface area contributed by atoms with Gasteiger partial charge in [0.1, 0.15) is 4.92 Å². The van der Waals surface area contributed by atoms with E-state index in [9.17, 15) is 15.3 Å². The smallest absolute Gasteiger partial charge is 0.513 e. The van der Waals surface area contributed by atoms with E-state index < -0.39 is 10.7 Å². The van der Waals surface area contributed by atoms with Crippen LogP contribution in [-0.2, 0) is 6.42 Å². The zero-order valence-electron chi connectivity index (χ0n) is 6.60. The maximum absolute atomic E-state index is 11.3. The summed E-state index contributed by atoms with van der Waals surface area (Å²) >= 11 is 0. The number of pyridine rings is 1. The highest BCUT2D eigenvalue weighted by molar-refractivity contribution is 5.31. The van der Waals surface area contributed by atoms with E-state index in [4.69, 9.17) is 4.74 Å². The van der Waals surface area contributed by atoms with Crippen LogP contribution in [0.5, 0.6) is 5.75 Å². The molecule has 2 rings (SSSR count). The average molecular weight is 182 g/mol. The van der Waals surface area contributed by atoms with Crippen LogP contribution in [-0.4, -0.2) is 11.5 Å². The minimum absolute atomic E-state index is 0.322. The largest absolute Gasteiger partial charge is 0.614 e. The van der Waals surface area contributed by atoms with Gasteiger partial charge in [0, 0.05) is 6.07 Å². The summed E-state index contributed by atoms with van der Waals surface area (Å²) < 4.78 is 5.39. The number of ether oxygens (including phenoxy) is 1. The second-order valence-electron chi connectivity index (χ2n) is 2.65. The summed E-state index contributed by atoms with van der Waals surface area (Å²) in [5.74, 6) is -0.00940. The molecule has 0 saturated heterocycles. The molecule has 0 radical (unpaired) electrons. The highest BCUT2D eigenvalue weighted by atomic mass is 16.6. The van der Waals surface area contributed by atoms with Crippen LogP contribution >= 0.6 is 0 Å². The lowest BCUT2D eigenvalue weighted by Gasteiger charge is -2.00. The van der Waals surface area contributed by atoms with Gasteiger partial charge in [0.25, 0.3) is 0 Å². The lowest BCUT2D eigenvalue weighted by molar-refractivity contribution is -0.670. The Labute approximate surface area is 73.1 Å². The molecule has 0 atom stereocenters. The summed E-state index contributed by atoms with van der Waals surface area (Å²) in [5.41, 5.74) is 0.342. The molecular weight excluding hydrogens is 176 g/mol. The first-order valence-corrected chi connectivity index (χ1v) is 3.73. The number of nitro groups is 1. The molecule has 0 spiro atoms. The molecule has 68 valence electrons. The first kappa shape index (κ1) is 7.78. The molecule has 6 heteroatoms. The van der Waals surface area contributed by atoms with E-state index in [0.29, 0.717) is 29.2 Å². The molecule has 2 heterocycles. The molecule has 6 nitrogen and oxygen atoms in total. The third-order valence-corrected chi connectivity index (χ3v) is 1.90. The van der Waals surface area contributed by atoms with E-state index in [-0.39, 0.29) is 0 Å². The monoisotopic (exact) mass is 182 g/mol. The predicted molar refractivity (Wildman–Crippen MR) is 41.3 cm³/mol. The van der Waals surface area contributed by atoms with Gasteiger partial charge in [-0.15, -0.1) is 4.73 Å². The van der Waals surface area contributed by atoms with E-state index >= 15 is 0 Å². The number of hydrogen-bond donors (Lipinski definition) is 0. The van der Waals surface area contributed by atoms with Crippen molar-refractivity contribution in [1.82, 2.24) is 0 Å². The van der Waals surface area contributed by atoms with Crippen molar-refractivity contribution in [2.45, 2.75) is 6.42 Å². The van der Waals surface area contributed by atoms with Crippen LogP contribution < -0.4 is 9.47 Å².